The van der Waals surface area contributed by atoms with Crippen LogP contribution in [-0.2, 0) is 11.2 Å². The largest absolute Gasteiger partial charge is 0.462 e. The van der Waals surface area contributed by atoms with Crippen LogP contribution in [0.15, 0.2) is 42.6 Å². The molecule has 0 spiro atoms. The molecule has 1 N–H and O–H groups in total. The molecule has 0 radical (unpaired) electrons. The summed E-state index contributed by atoms with van der Waals surface area (Å²) in [6.45, 7) is 5.15. The minimum absolute atomic E-state index is 0.329. The van der Waals surface area contributed by atoms with Gasteiger partial charge in [-0.15, -0.1) is 0 Å². The van der Waals surface area contributed by atoms with Crippen molar-refractivity contribution in [3.63, 3.8) is 0 Å². The highest BCUT2D eigenvalue weighted by Crippen LogP contribution is 2.27. The van der Waals surface area contributed by atoms with E-state index in [1.165, 1.54) is 11.3 Å². The van der Waals surface area contributed by atoms with Gasteiger partial charge in [-0.25, -0.2) is 9.78 Å². The van der Waals surface area contributed by atoms with E-state index in [1.54, 1.807) is 19.2 Å². The maximum absolute atomic E-state index is 11.6. The maximum Gasteiger partial charge on any atom is 0.339 e. The topological polar surface area (TPSA) is 54.5 Å². The molecule has 0 aliphatic carbocycles. The quantitative estimate of drug-likeness (QED) is 0.626. The summed E-state index contributed by atoms with van der Waals surface area (Å²) in [6, 6.07) is 12.2. The van der Waals surface area contributed by atoms with Crippen LogP contribution < -0.4 is 10.2 Å². The lowest BCUT2D eigenvalue weighted by atomic mass is 10.2. The average molecular weight is 325 g/mol. The van der Waals surface area contributed by atoms with Crippen molar-refractivity contribution in [1.29, 1.82) is 0 Å². The van der Waals surface area contributed by atoms with E-state index in [-0.39, 0.29) is 5.97 Å². The second-order valence-electron chi connectivity index (χ2n) is 5.80. The Balaban J connectivity index is 1.43. The standard InChI is InChI=1S/C19H23N3O2/c1-2-24-19(23)16-8-9-18(21-14-16)20-11-5-12-22-13-10-15-6-3-4-7-17(15)22/h3-4,6-9,14H,2,5,10-13H2,1H3,(H,20,21). The first-order valence-corrected chi connectivity index (χ1v) is 8.48. The first-order valence-electron chi connectivity index (χ1n) is 8.48. The van der Waals surface area contributed by atoms with Gasteiger partial charge in [0.05, 0.1) is 12.2 Å². The number of aromatic nitrogens is 1. The molecule has 0 saturated heterocycles. The van der Waals surface area contributed by atoms with Crippen molar-refractivity contribution in [2.75, 3.05) is 36.5 Å². The zero-order chi connectivity index (χ0) is 16.8. The Labute approximate surface area is 142 Å². The van der Waals surface area contributed by atoms with Crippen molar-refractivity contribution in [3.8, 4) is 0 Å². The van der Waals surface area contributed by atoms with Crippen molar-refractivity contribution in [2.45, 2.75) is 19.8 Å². The van der Waals surface area contributed by atoms with Crippen molar-refractivity contribution < 1.29 is 9.53 Å². The molecule has 126 valence electrons. The minimum Gasteiger partial charge on any atom is -0.462 e. The molecule has 1 aliphatic heterocycles. The molecule has 0 bridgehead atoms. The van der Waals surface area contributed by atoms with E-state index in [0.717, 1.165) is 38.3 Å². The highest BCUT2D eigenvalue weighted by atomic mass is 16.5. The van der Waals surface area contributed by atoms with Crippen molar-refractivity contribution >= 4 is 17.5 Å². The Kier molecular flexibility index (Phi) is 5.31. The second-order valence-corrected chi connectivity index (χ2v) is 5.80. The van der Waals surface area contributed by atoms with Crippen LogP contribution in [-0.4, -0.2) is 37.2 Å². The highest BCUT2D eigenvalue weighted by Gasteiger charge is 2.17. The van der Waals surface area contributed by atoms with Gasteiger partial charge in [-0.2, -0.15) is 0 Å². The molecule has 24 heavy (non-hydrogen) atoms. The lowest BCUT2D eigenvalue weighted by molar-refractivity contribution is 0.0526. The van der Waals surface area contributed by atoms with Gasteiger partial charge in [0.1, 0.15) is 5.82 Å². The summed E-state index contributed by atoms with van der Waals surface area (Å²) in [5.41, 5.74) is 3.30. The van der Waals surface area contributed by atoms with Gasteiger partial charge in [0, 0.05) is 31.5 Å². The molecule has 2 heterocycles. The minimum atomic E-state index is -0.329. The van der Waals surface area contributed by atoms with Crippen LogP contribution in [0, 0.1) is 0 Å². The second kappa shape index (κ2) is 7.81. The number of esters is 1. The lowest BCUT2D eigenvalue weighted by Crippen LogP contribution is -2.23. The van der Waals surface area contributed by atoms with Gasteiger partial charge in [-0.05, 0) is 43.5 Å². The van der Waals surface area contributed by atoms with Crippen LogP contribution >= 0.6 is 0 Å². The van der Waals surface area contributed by atoms with Gasteiger partial charge in [0.25, 0.3) is 0 Å². The van der Waals surface area contributed by atoms with Crippen LogP contribution in [0.2, 0.25) is 0 Å². The number of pyridine rings is 1. The number of anilines is 2. The number of nitrogens with one attached hydrogen (secondary N) is 1. The van der Waals surface area contributed by atoms with Crippen molar-refractivity contribution in [3.05, 3.63) is 53.7 Å². The zero-order valence-electron chi connectivity index (χ0n) is 14.0. The number of hydrogen-bond acceptors (Lipinski definition) is 5. The summed E-state index contributed by atoms with van der Waals surface area (Å²) in [5, 5.41) is 3.30. The Morgan fingerprint density at radius 1 is 1.29 bits per heavy atom. The third kappa shape index (κ3) is 3.85. The summed E-state index contributed by atoms with van der Waals surface area (Å²) in [4.78, 5) is 18.3. The summed E-state index contributed by atoms with van der Waals surface area (Å²) in [5.74, 6) is 0.453. The van der Waals surface area contributed by atoms with Gasteiger partial charge in [0.2, 0.25) is 0 Å². The number of carbonyl (C=O) groups excluding carboxylic acids is 1. The van der Waals surface area contributed by atoms with Crippen LogP contribution in [0.25, 0.3) is 0 Å². The third-order valence-corrected chi connectivity index (χ3v) is 4.17. The van der Waals surface area contributed by atoms with Crippen LogP contribution in [0.4, 0.5) is 11.5 Å². The van der Waals surface area contributed by atoms with E-state index >= 15 is 0 Å². The number of para-hydroxylation sites is 1. The first-order chi connectivity index (χ1) is 11.8. The number of ether oxygens (including phenoxy) is 1. The predicted molar refractivity (Wildman–Crippen MR) is 95.7 cm³/mol. The van der Waals surface area contributed by atoms with Gasteiger partial charge in [-0.3, -0.25) is 0 Å². The third-order valence-electron chi connectivity index (χ3n) is 4.17. The van der Waals surface area contributed by atoms with E-state index in [2.05, 4.69) is 39.5 Å². The SMILES string of the molecule is CCOC(=O)c1ccc(NCCCN2CCc3ccccc32)nc1. The Hall–Kier alpha value is -2.56. The molecule has 0 unspecified atom stereocenters. The number of benzene rings is 1. The molecule has 0 saturated carbocycles. The normalized spacial score (nSPS) is 12.8. The fourth-order valence-electron chi connectivity index (χ4n) is 2.96. The molecule has 1 aromatic carbocycles. The number of nitrogens with zero attached hydrogens (tertiary/aromatic N) is 2. The molecule has 5 nitrogen and oxygen atoms in total. The molecule has 0 amide bonds. The Bertz CT molecular complexity index is 685. The van der Waals surface area contributed by atoms with Crippen LogP contribution in [0.1, 0.15) is 29.3 Å². The predicted octanol–water partition coefficient (Wildman–Crippen LogP) is 3.12. The molecule has 5 heteroatoms. The first kappa shape index (κ1) is 16.3. The van der Waals surface area contributed by atoms with Gasteiger partial charge in [0.15, 0.2) is 0 Å². The number of rotatable bonds is 7. The molecule has 0 atom stereocenters. The molecule has 1 aliphatic rings. The van der Waals surface area contributed by atoms with Gasteiger partial charge < -0.3 is 15.0 Å². The van der Waals surface area contributed by atoms with Crippen molar-refractivity contribution in [1.82, 2.24) is 4.98 Å². The van der Waals surface area contributed by atoms with Gasteiger partial charge in [-0.1, -0.05) is 18.2 Å². The summed E-state index contributed by atoms with van der Waals surface area (Å²) in [6.07, 6.45) is 3.73. The van der Waals surface area contributed by atoms with Crippen LogP contribution in [0.3, 0.4) is 0 Å². The maximum atomic E-state index is 11.6. The fraction of sp³-hybridized carbons (Fsp3) is 0.368. The van der Waals surface area contributed by atoms with Crippen LogP contribution in [0.5, 0.6) is 0 Å². The smallest absolute Gasteiger partial charge is 0.339 e. The molecule has 2 aromatic rings. The van der Waals surface area contributed by atoms with Crippen molar-refractivity contribution in [2.24, 2.45) is 0 Å². The van der Waals surface area contributed by atoms with Gasteiger partial charge >= 0.3 is 5.97 Å². The summed E-state index contributed by atoms with van der Waals surface area (Å²) < 4.78 is 4.95. The Morgan fingerprint density at radius 2 is 2.17 bits per heavy atom. The summed E-state index contributed by atoms with van der Waals surface area (Å²) in [7, 11) is 0. The molecular formula is C19H23N3O2. The zero-order valence-corrected chi connectivity index (χ0v) is 14.0. The lowest BCUT2D eigenvalue weighted by Gasteiger charge is -2.19. The summed E-state index contributed by atoms with van der Waals surface area (Å²) >= 11 is 0. The van der Waals surface area contributed by atoms with E-state index in [4.69, 9.17) is 4.74 Å². The van der Waals surface area contributed by atoms with E-state index in [9.17, 15) is 4.79 Å². The van der Waals surface area contributed by atoms with E-state index in [1.807, 2.05) is 6.07 Å². The monoisotopic (exact) mass is 325 g/mol. The molecule has 3 rings (SSSR count). The molecule has 1 aromatic heterocycles. The molecule has 0 fully saturated rings. The van der Waals surface area contributed by atoms with E-state index in [0.29, 0.717) is 12.2 Å². The fourth-order valence-corrected chi connectivity index (χ4v) is 2.96. The highest BCUT2D eigenvalue weighted by molar-refractivity contribution is 5.89. The number of fused-ring (bicyclic) bond motifs is 1. The van der Waals surface area contributed by atoms with E-state index < -0.39 is 0 Å². The average Bonchev–Trinajstić information content (AvgIpc) is 3.03. The number of carbonyl (C=O) groups is 1. The number of hydrogen-bond donors (Lipinski definition) is 1. The molecular weight excluding hydrogens is 302 g/mol. The Morgan fingerprint density at radius 3 is 2.96 bits per heavy atom.